The molecule has 3 amide bonds. The van der Waals surface area contributed by atoms with Crippen molar-refractivity contribution in [1.82, 2.24) is 20.1 Å². The van der Waals surface area contributed by atoms with E-state index in [0.717, 1.165) is 27.6 Å². The topological polar surface area (TPSA) is 103 Å². The third-order valence-electron chi connectivity index (χ3n) is 8.78. The Morgan fingerprint density at radius 1 is 0.959 bits per heavy atom. The number of fused-ring (bicyclic) bond motifs is 1. The molecule has 4 aromatic rings. The molecule has 11 heteroatoms. The Balaban J connectivity index is 1.29. The van der Waals surface area contributed by atoms with Gasteiger partial charge in [-0.3, -0.25) is 19.4 Å². The summed E-state index contributed by atoms with van der Waals surface area (Å²) in [5, 5.41) is 15.6. The van der Waals surface area contributed by atoms with Crippen molar-refractivity contribution in [3.8, 4) is 11.3 Å². The van der Waals surface area contributed by atoms with Crippen LogP contribution in [0.15, 0.2) is 91.1 Å². The van der Waals surface area contributed by atoms with Crippen LogP contribution in [0, 0.1) is 5.92 Å². The minimum absolute atomic E-state index is 0.0216. The number of benzene rings is 3. The van der Waals surface area contributed by atoms with Crippen LogP contribution in [0.25, 0.3) is 22.0 Å². The van der Waals surface area contributed by atoms with Crippen LogP contribution in [0.5, 0.6) is 0 Å². The van der Waals surface area contributed by atoms with Crippen molar-refractivity contribution in [2.75, 3.05) is 13.1 Å². The number of pyridine rings is 1. The molecule has 2 heterocycles. The lowest BCUT2D eigenvalue weighted by Gasteiger charge is -2.34. The largest absolute Gasteiger partial charge is 0.471 e. The predicted molar refractivity (Wildman–Crippen MR) is 181 cm³/mol. The first kappa shape index (κ1) is 35.5. The second-order valence-corrected chi connectivity index (χ2v) is 13.0. The van der Waals surface area contributed by atoms with E-state index < -0.39 is 42.7 Å². The smallest absolute Gasteiger partial charge is 0.389 e. The lowest BCUT2D eigenvalue weighted by Crippen LogP contribution is -2.57. The van der Waals surface area contributed by atoms with E-state index >= 15 is 0 Å². The van der Waals surface area contributed by atoms with Gasteiger partial charge in [0.05, 0.1) is 24.3 Å². The molecule has 8 nitrogen and oxygen atoms in total. The zero-order chi connectivity index (χ0) is 35.1. The molecule has 0 aliphatic carbocycles. The second kappa shape index (κ2) is 15.6. The molecule has 258 valence electrons. The van der Waals surface area contributed by atoms with E-state index in [1.807, 2.05) is 66.7 Å². The number of nitrogens with zero attached hydrogens (tertiary/aromatic N) is 3. The standard InChI is InChI=1S/C38H41F3N4O4/c1-25(2)19-33(45(37(49)38(39,40)41)23-27-15-16-28-10-3-4-11-29(28)21-27)36(48)43-32-14-8-18-44(24-34(32)46)35(47)22-26-9-7-12-30(20-26)31-13-5-6-17-42-31/h3-7,9-13,15-17,20-21,25,32-34,46H,8,14,18-19,22-24H2,1-2H3,(H,43,48). The highest BCUT2D eigenvalue weighted by molar-refractivity contribution is 5.90. The number of carbonyl (C=O) groups excluding carboxylic acids is 3. The van der Waals surface area contributed by atoms with E-state index in [-0.39, 0.29) is 31.2 Å². The third-order valence-corrected chi connectivity index (χ3v) is 8.78. The minimum atomic E-state index is -5.20. The molecule has 1 aliphatic rings. The number of nitrogens with one attached hydrogen (secondary N) is 1. The molecular formula is C38H41F3N4O4. The molecule has 1 saturated heterocycles. The van der Waals surface area contributed by atoms with Gasteiger partial charge in [0.2, 0.25) is 11.8 Å². The molecule has 1 aliphatic heterocycles. The molecule has 49 heavy (non-hydrogen) atoms. The summed E-state index contributed by atoms with van der Waals surface area (Å²) in [4.78, 5) is 46.5. The number of amides is 3. The highest BCUT2D eigenvalue weighted by Crippen LogP contribution is 2.27. The molecule has 2 N–H and O–H groups in total. The van der Waals surface area contributed by atoms with Crippen molar-refractivity contribution in [1.29, 1.82) is 0 Å². The van der Waals surface area contributed by atoms with Gasteiger partial charge < -0.3 is 20.2 Å². The average molecular weight is 675 g/mol. The Morgan fingerprint density at radius 3 is 2.43 bits per heavy atom. The maximum atomic E-state index is 14.0. The zero-order valence-electron chi connectivity index (χ0n) is 27.6. The van der Waals surface area contributed by atoms with Gasteiger partial charge in [0.15, 0.2) is 0 Å². The Kier molecular flexibility index (Phi) is 11.3. The van der Waals surface area contributed by atoms with Gasteiger partial charge in [-0.1, -0.05) is 74.5 Å². The van der Waals surface area contributed by atoms with Gasteiger partial charge in [0, 0.05) is 31.4 Å². The van der Waals surface area contributed by atoms with E-state index in [9.17, 15) is 32.7 Å². The summed E-state index contributed by atoms with van der Waals surface area (Å²) < 4.78 is 41.9. The second-order valence-electron chi connectivity index (χ2n) is 13.0. The normalized spacial score (nSPS) is 17.4. The van der Waals surface area contributed by atoms with Gasteiger partial charge in [0.25, 0.3) is 0 Å². The molecule has 1 aromatic heterocycles. The maximum absolute atomic E-state index is 14.0. The van der Waals surface area contributed by atoms with E-state index in [1.54, 1.807) is 43.1 Å². The Hall–Kier alpha value is -4.77. The summed E-state index contributed by atoms with van der Waals surface area (Å²) in [6.45, 7) is 3.40. The molecule has 0 saturated carbocycles. The van der Waals surface area contributed by atoms with Crippen LogP contribution in [0.4, 0.5) is 13.2 Å². The number of aliphatic hydroxyl groups is 1. The van der Waals surface area contributed by atoms with Gasteiger partial charge in [-0.15, -0.1) is 0 Å². The molecule has 3 atom stereocenters. The van der Waals surface area contributed by atoms with Crippen molar-refractivity contribution in [3.63, 3.8) is 0 Å². The van der Waals surface area contributed by atoms with Crippen molar-refractivity contribution < 1.29 is 32.7 Å². The van der Waals surface area contributed by atoms with E-state index in [0.29, 0.717) is 29.8 Å². The van der Waals surface area contributed by atoms with Crippen LogP contribution in [0.3, 0.4) is 0 Å². The maximum Gasteiger partial charge on any atom is 0.471 e. The molecule has 5 rings (SSSR count). The number of hydrogen-bond acceptors (Lipinski definition) is 5. The van der Waals surface area contributed by atoms with Gasteiger partial charge in [-0.25, -0.2) is 0 Å². The van der Waals surface area contributed by atoms with Crippen LogP contribution in [-0.4, -0.2) is 75.1 Å². The van der Waals surface area contributed by atoms with Crippen molar-refractivity contribution in [3.05, 3.63) is 102 Å². The van der Waals surface area contributed by atoms with E-state index in [2.05, 4.69) is 10.3 Å². The fourth-order valence-corrected chi connectivity index (χ4v) is 6.32. The van der Waals surface area contributed by atoms with Gasteiger partial charge in [-0.2, -0.15) is 13.2 Å². The molecule has 0 spiro atoms. The molecule has 0 bridgehead atoms. The van der Waals surface area contributed by atoms with Crippen molar-refractivity contribution in [2.24, 2.45) is 5.92 Å². The highest BCUT2D eigenvalue weighted by Gasteiger charge is 2.46. The fraction of sp³-hybridized carbons (Fsp3) is 0.368. The number of rotatable bonds is 10. The summed E-state index contributed by atoms with van der Waals surface area (Å²) in [5.41, 5.74) is 2.89. The fourth-order valence-electron chi connectivity index (χ4n) is 6.32. The molecule has 3 aromatic carbocycles. The first-order valence-corrected chi connectivity index (χ1v) is 16.5. The Morgan fingerprint density at radius 2 is 1.71 bits per heavy atom. The van der Waals surface area contributed by atoms with Gasteiger partial charge >= 0.3 is 12.1 Å². The number of aliphatic hydroxyl groups excluding tert-OH is 1. The molecule has 1 fully saturated rings. The molecule has 0 radical (unpaired) electrons. The summed E-state index contributed by atoms with van der Waals surface area (Å²) in [6.07, 6.45) is -3.83. The van der Waals surface area contributed by atoms with E-state index in [1.165, 1.54) is 0 Å². The van der Waals surface area contributed by atoms with Crippen LogP contribution in [0.2, 0.25) is 0 Å². The number of β-amino-alcohol motifs (C(OH)–C–C–N with tert-alkyl or cyclic N) is 1. The number of carbonyl (C=O) groups is 3. The summed E-state index contributed by atoms with van der Waals surface area (Å²) in [6, 6.07) is 23.3. The number of hydrogen-bond donors (Lipinski definition) is 2. The molecular weight excluding hydrogens is 633 g/mol. The Labute approximate surface area is 283 Å². The quantitative estimate of drug-likeness (QED) is 0.218. The SMILES string of the molecule is CC(C)CC(C(=O)NC1CCCN(C(=O)Cc2cccc(-c3ccccn3)c2)CC1O)N(Cc1ccc2ccccc2c1)C(=O)C(F)(F)F. The van der Waals surface area contributed by atoms with Crippen LogP contribution >= 0.6 is 0 Å². The number of aromatic nitrogens is 1. The van der Waals surface area contributed by atoms with Gasteiger partial charge in [0.1, 0.15) is 6.04 Å². The summed E-state index contributed by atoms with van der Waals surface area (Å²) in [7, 11) is 0. The van der Waals surface area contributed by atoms with Crippen molar-refractivity contribution in [2.45, 2.75) is 70.4 Å². The lowest BCUT2D eigenvalue weighted by molar-refractivity contribution is -0.189. The monoisotopic (exact) mass is 674 g/mol. The minimum Gasteiger partial charge on any atom is -0.389 e. The first-order chi connectivity index (χ1) is 23.4. The predicted octanol–water partition coefficient (Wildman–Crippen LogP) is 5.92. The Bertz CT molecular complexity index is 1760. The van der Waals surface area contributed by atoms with Crippen LogP contribution in [-0.2, 0) is 27.3 Å². The molecule has 3 unspecified atom stereocenters. The third kappa shape index (κ3) is 9.23. The zero-order valence-corrected chi connectivity index (χ0v) is 27.6. The van der Waals surface area contributed by atoms with E-state index in [4.69, 9.17) is 0 Å². The highest BCUT2D eigenvalue weighted by atomic mass is 19.4. The number of likely N-dealkylation sites (tertiary alicyclic amines) is 1. The first-order valence-electron chi connectivity index (χ1n) is 16.5. The summed E-state index contributed by atoms with van der Waals surface area (Å²) in [5.74, 6) is -3.30. The summed E-state index contributed by atoms with van der Waals surface area (Å²) >= 11 is 0. The average Bonchev–Trinajstić information content (AvgIpc) is 3.26. The van der Waals surface area contributed by atoms with Crippen molar-refractivity contribution >= 4 is 28.5 Å². The van der Waals surface area contributed by atoms with Crippen LogP contribution in [0.1, 0.15) is 44.2 Å². The van der Waals surface area contributed by atoms with Crippen LogP contribution < -0.4 is 5.32 Å². The lowest BCUT2D eigenvalue weighted by atomic mass is 9.98. The van der Waals surface area contributed by atoms with Gasteiger partial charge in [-0.05, 0) is 71.3 Å². The number of halogens is 3. The number of alkyl halides is 3.